The predicted octanol–water partition coefficient (Wildman–Crippen LogP) is 3.32. The Labute approximate surface area is 155 Å². The number of hydrogen-bond acceptors (Lipinski definition) is 3. The van der Waals surface area contributed by atoms with E-state index in [9.17, 15) is 26.4 Å². The molecule has 0 aromatic heterocycles. The van der Waals surface area contributed by atoms with Crippen molar-refractivity contribution >= 4 is 27.7 Å². The molecular formula is C18H17F3N2O3S. The summed E-state index contributed by atoms with van der Waals surface area (Å²) in [6.45, 7) is -1.39. The third-order valence-electron chi connectivity index (χ3n) is 3.30. The van der Waals surface area contributed by atoms with Gasteiger partial charge in [0.2, 0.25) is 5.91 Å². The number of hydrogen-bond donors (Lipinski definition) is 2. The van der Waals surface area contributed by atoms with E-state index in [1.54, 1.807) is 29.6 Å². The van der Waals surface area contributed by atoms with E-state index in [1.807, 2.05) is 6.07 Å². The lowest BCUT2D eigenvalue weighted by Gasteiger charge is -2.09. The van der Waals surface area contributed by atoms with Crippen LogP contribution in [0.1, 0.15) is 11.1 Å². The smallest absolute Gasteiger partial charge is 0.347 e. The van der Waals surface area contributed by atoms with Crippen LogP contribution in [-0.2, 0) is 21.2 Å². The van der Waals surface area contributed by atoms with Gasteiger partial charge in [-0.1, -0.05) is 42.5 Å². The van der Waals surface area contributed by atoms with Crippen molar-refractivity contribution in [2.24, 2.45) is 0 Å². The molecule has 0 fully saturated rings. The average Bonchev–Trinajstić information content (AvgIpc) is 2.60. The van der Waals surface area contributed by atoms with Crippen LogP contribution in [0.5, 0.6) is 0 Å². The number of alkyl halides is 3. The molecule has 2 rings (SSSR count). The Kier molecular flexibility index (Phi) is 6.62. The molecule has 144 valence electrons. The minimum Gasteiger partial charge on any atom is -0.347 e. The van der Waals surface area contributed by atoms with Crippen molar-refractivity contribution in [1.82, 2.24) is 5.32 Å². The number of benzene rings is 2. The SMILES string of the molecule is O=C(Cc1ccc(NS(=O)(=O)C=Cc2ccccc2)cc1)NCC(F)(F)F. The molecule has 27 heavy (non-hydrogen) atoms. The third kappa shape index (κ3) is 7.95. The molecule has 0 heterocycles. The zero-order chi connectivity index (χ0) is 19.9. The van der Waals surface area contributed by atoms with Crippen LogP contribution in [0.25, 0.3) is 6.08 Å². The van der Waals surface area contributed by atoms with E-state index in [2.05, 4.69) is 4.72 Å². The zero-order valence-corrected chi connectivity index (χ0v) is 14.8. The molecule has 0 aliphatic heterocycles. The first-order valence-electron chi connectivity index (χ1n) is 7.81. The molecule has 0 spiro atoms. The minimum atomic E-state index is -4.47. The number of sulfonamides is 1. The lowest BCUT2D eigenvalue weighted by atomic mass is 10.1. The summed E-state index contributed by atoms with van der Waals surface area (Å²) < 4.78 is 62.6. The van der Waals surface area contributed by atoms with Crippen LogP contribution in [0, 0.1) is 0 Å². The second kappa shape index (κ2) is 8.72. The van der Waals surface area contributed by atoms with E-state index in [0.717, 1.165) is 11.0 Å². The lowest BCUT2D eigenvalue weighted by Crippen LogP contribution is -2.34. The molecule has 0 bridgehead atoms. The van der Waals surface area contributed by atoms with Crippen LogP contribution < -0.4 is 10.0 Å². The molecule has 0 aliphatic rings. The maximum Gasteiger partial charge on any atom is 0.405 e. The van der Waals surface area contributed by atoms with Gasteiger partial charge in [-0.25, -0.2) is 8.42 Å². The molecule has 0 atom stereocenters. The molecule has 0 radical (unpaired) electrons. The quantitative estimate of drug-likeness (QED) is 0.751. The van der Waals surface area contributed by atoms with Crippen LogP contribution in [0.4, 0.5) is 18.9 Å². The molecule has 1 amide bonds. The van der Waals surface area contributed by atoms with Gasteiger partial charge < -0.3 is 5.32 Å². The molecule has 0 aliphatic carbocycles. The van der Waals surface area contributed by atoms with Gasteiger partial charge in [0.1, 0.15) is 6.54 Å². The summed E-state index contributed by atoms with van der Waals surface area (Å²) in [6, 6.07) is 14.7. The number of amides is 1. The summed E-state index contributed by atoms with van der Waals surface area (Å²) in [5.74, 6) is -0.772. The Balaban J connectivity index is 1.93. The van der Waals surface area contributed by atoms with Gasteiger partial charge in [0.05, 0.1) is 11.8 Å². The Morgan fingerprint density at radius 1 is 1.00 bits per heavy atom. The summed E-state index contributed by atoms with van der Waals surface area (Å²) in [5.41, 5.74) is 1.45. The Morgan fingerprint density at radius 2 is 1.63 bits per heavy atom. The van der Waals surface area contributed by atoms with Crippen molar-refractivity contribution in [3.63, 3.8) is 0 Å². The van der Waals surface area contributed by atoms with Crippen molar-refractivity contribution < 1.29 is 26.4 Å². The summed E-state index contributed by atoms with van der Waals surface area (Å²) in [7, 11) is -3.73. The first kappa shape index (κ1) is 20.5. The number of halogens is 3. The second-order valence-corrected chi connectivity index (χ2v) is 7.19. The molecule has 2 aromatic rings. The fourth-order valence-electron chi connectivity index (χ4n) is 2.07. The first-order valence-corrected chi connectivity index (χ1v) is 9.36. The van der Waals surface area contributed by atoms with E-state index in [4.69, 9.17) is 0 Å². The van der Waals surface area contributed by atoms with Crippen molar-refractivity contribution in [1.29, 1.82) is 0 Å². The molecular weight excluding hydrogens is 381 g/mol. The van der Waals surface area contributed by atoms with Gasteiger partial charge in [-0.05, 0) is 29.3 Å². The molecule has 0 unspecified atom stereocenters. The third-order valence-corrected chi connectivity index (χ3v) is 4.32. The van der Waals surface area contributed by atoms with Gasteiger partial charge >= 0.3 is 6.18 Å². The minimum absolute atomic E-state index is 0.239. The summed E-state index contributed by atoms with van der Waals surface area (Å²) in [4.78, 5) is 11.5. The standard InChI is InChI=1S/C18H17F3N2O3S/c19-18(20,21)13-22-17(24)12-15-6-8-16(9-7-15)23-27(25,26)11-10-14-4-2-1-3-5-14/h1-11,23H,12-13H2,(H,22,24). The van der Waals surface area contributed by atoms with Crippen molar-refractivity contribution in [2.45, 2.75) is 12.6 Å². The van der Waals surface area contributed by atoms with Crippen LogP contribution in [0.2, 0.25) is 0 Å². The summed E-state index contributed by atoms with van der Waals surface area (Å²) >= 11 is 0. The van der Waals surface area contributed by atoms with Crippen LogP contribution in [0.3, 0.4) is 0 Å². The van der Waals surface area contributed by atoms with Crippen LogP contribution in [-0.4, -0.2) is 27.0 Å². The molecule has 2 aromatic carbocycles. The van der Waals surface area contributed by atoms with E-state index in [1.165, 1.54) is 30.3 Å². The Bertz CT molecular complexity index is 894. The number of carbonyl (C=O) groups is 1. The lowest BCUT2D eigenvalue weighted by molar-refractivity contribution is -0.138. The van der Waals surface area contributed by atoms with E-state index >= 15 is 0 Å². The molecule has 9 heteroatoms. The zero-order valence-electron chi connectivity index (χ0n) is 14.0. The predicted molar refractivity (Wildman–Crippen MR) is 97.2 cm³/mol. The van der Waals surface area contributed by atoms with Crippen molar-refractivity contribution in [3.05, 3.63) is 71.1 Å². The maximum atomic E-state index is 12.1. The molecule has 0 saturated heterocycles. The number of anilines is 1. The Morgan fingerprint density at radius 3 is 2.22 bits per heavy atom. The van der Waals surface area contributed by atoms with Crippen LogP contribution >= 0.6 is 0 Å². The summed E-state index contributed by atoms with van der Waals surface area (Å²) in [6.07, 6.45) is -3.26. The normalized spacial score (nSPS) is 12.1. The van der Waals surface area contributed by atoms with Gasteiger partial charge in [0.15, 0.2) is 0 Å². The largest absolute Gasteiger partial charge is 0.405 e. The molecule has 5 nitrogen and oxygen atoms in total. The fourth-order valence-corrected chi connectivity index (χ4v) is 2.94. The average molecular weight is 398 g/mol. The highest BCUT2D eigenvalue weighted by atomic mass is 32.2. The number of rotatable bonds is 7. The topological polar surface area (TPSA) is 75.3 Å². The van der Waals surface area contributed by atoms with Crippen LogP contribution in [0.15, 0.2) is 60.0 Å². The van der Waals surface area contributed by atoms with Gasteiger partial charge in [-0.15, -0.1) is 0 Å². The van der Waals surface area contributed by atoms with Gasteiger partial charge in [0, 0.05) is 5.69 Å². The van der Waals surface area contributed by atoms with Gasteiger partial charge in [0.25, 0.3) is 10.0 Å². The number of carbonyl (C=O) groups excluding carboxylic acids is 1. The van der Waals surface area contributed by atoms with E-state index in [0.29, 0.717) is 5.56 Å². The van der Waals surface area contributed by atoms with Crippen molar-refractivity contribution in [2.75, 3.05) is 11.3 Å². The van der Waals surface area contributed by atoms with E-state index < -0.39 is 28.7 Å². The highest BCUT2D eigenvalue weighted by Gasteiger charge is 2.27. The van der Waals surface area contributed by atoms with E-state index in [-0.39, 0.29) is 12.1 Å². The molecule has 2 N–H and O–H groups in total. The summed E-state index contributed by atoms with van der Waals surface area (Å²) in [5, 5.41) is 2.80. The van der Waals surface area contributed by atoms with Crippen molar-refractivity contribution in [3.8, 4) is 0 Å². The highest BCUT2D eigenvalue weighted by molar-refractivity contribution is 7.95. The monoisotopic (exact) mass is 398 g/mol. The Hall–Kier alpha value is -2.81. The second-order valence-electron chi connectivity index (χ2n) is 5.63. The maximum absolute atomic E-state index is 12.1. The number of nitrogens with one attached hydrogen (secondary N) is 2. The highest BCUT2D eigenvalue weighted by Crippen LogP contribution is 2.14. The van der Waals surface area contributed by atoms with Gasteiger partial charge in [-0.2, -0.15) is 13.2 Å². The van der Waals surface area contributed by atoms with Gasteiger partial charge in [-0.3, -0.25) is 9.52 Å². The fraction of sp³-hybridized carbons (Fsp3) is 0.167. The molecule has 0 saturated carbocycles. The first-order chi connectivity index (χ1) is 12.6.